The zero-order valence-electron chi connectivity index (χ0n) is 52.2. The van der Waals surface area contributed by atoms with E-state index >= 15 is 0 Å². The highest BCUT2D eigenvalue weighted by Crippen LogP contribution is 2.43. The number of ether oxygens (including phenoxy) is 2. The molecule has 458 valence electrons. The lowest BCUT2D eigenvalue weighted by molar-refractivity contribution is -0.870. The lowest BCUT2D eigenvalue weighted by Crippen LogP contribution is -2.37. The Bertz CT molecular complexity index is 1460. The van der Waals surface area contributed by atoms with Crippen LogP contribution >= 0.6 is 7.82 Å². The van der Waals surface area contributed by atoms with Crippen molar-refractivity contribution in [2.24, 2.45) is 0 Å². The predicted octanol–water partition coefficient (Wildman–Crippen LogP) is 21.3. The summed E-state index contributed by atoms with van der Waals surface area (Å²) in [5, 5.41) is 0. The topological polar surface area (TPSA) is 108 Å². The smallest absolute Gasteiger partial charge is 0.462 e. The van der Waals surface area contributed by atoms with Crippen molar-refractivity contribution in [1.82, 2.24) is 0 Å². The quantitative estimate of drug-likeness (QED) is 0.0211. The van der Waals surface area contributed by atoms with Gasteiger partial charge in [-0.15, -0.1) is 0 Å². The third-order valence-corrected chi connectivity index (χ3v) is 15.9. The van der Waals surface area contributed by atoms with E-state index in [4.69, 9.17) is 18.5 Å². The largest absolute Gasteiger partial charge is 0.472 e. The number of nitrogens with zero attached hydrogens (tertiary/aromatic N) is 1. The monoisotopic (exact) mass is 1120 g/mol. The van der Waals surface area contributed by atoms with Crippen LogP contribution in [0.4, 0.5) is 0 Å². The van der Waals surface area contributed by atoms with Gasteiger partial charge in [0.25, 0.3) is 0 Å². The number of allylic oxidation sites excluding steroid dienone is 8. The normalized spacial score (nSPS) is 13.5. The van der Waals surface area contributed by atoms with Crippen LogP contribution in [0.1, 0.15) is 322 Å². The molecule has 0 bridgehead atoms. The molecule has 0 aromatic heterocycles. The maximum absolute atomic E-state index is 12.8. The van der Waals surface area contributed by atoms with Gasteiger partial charge in [0.2, 0.25) is 0 Å². The van der Waals surface area contributed by atoms with Gasteiger partial charge in [0.05, 0.1) is 27.7 Å². The van der Waals surface area contributed by atoms with E-state index in [1.807, 2.05) is 21.1 Å². The van der Waals surface area contributed by atoms with Crippen molar-refractivity contribution in [3.8, 4) is 0 Å². The molecule has 78 heavy (non-hydrogen) atoms. The lowest BCUT2D eigenvalue weighted by Gasteiger charge is -2.24. The Balaban J connectivity index is 3.83. The summed E-state index contributed by atoms with van der Waals surface area (Å²) < 4.78 is 34.6. The van der Waals surface area contributed by atoms with Crippen LogP contribution in [-0.2, 0) is 32.7 Å². The van der Waals surface area contributed by atoms with Crippen molar-refractivity contribution in [3.63, 3.8) is 0 Å². The number of unbranched alkanes of at least 4 members (excludes halogenated alkanes) is 40. The standard InChI is InChI=1S/C68H128NO8P/c1-6-8-10-12-14-16-18-20-21-22-23-24-25-26-27-28-29-30-31-32-33-34-35-36-37-38-39-40-41-42-43-44-45-46-47-49-51-53-55-57-59-61-68(71)77-66(65-76-78(72,73)75-63-62-69(3,4)5)64-74-67(70)60-58-56-54-52-50-48-19-17-15-13-11-9-7-2/h8,10,14,16,20-21,23-24,66H,6-7,9,11-13,15,17-19,22,25-65H2,1-5H3/p+1/b10-8-,16-14-,21-20-,24-23-. The maximum atomic E-state index is 12.8. The van der Waals surface area contributed by atoms with E-state index in [1.165, 1.54) is 231 Å². The predicted molar refractivity (Wildman–Crippen MR) is 335 cm³/mol. The third-order valence-electron chi connectivity index (χ3n) is 14.9. The van der Waals surface area contributed by atoms with Crippen molar-refractivity contribution in [1.29, 1.82) is 0 Å². The zero-order chi connectivity index (χ0) is 57.0. The van der Waals surface area contributed by atoms with E-state index in [2.05, 4.69) is 62.5 Å². The SMILES string of the molecule is CC/C=C\C/C=C\C/C=C\C/C=C\CCCCCCCCCCCCCCCCCCCCCCCCCCCCCCC(=O)OC(COC(=O)CCCCCCCCCCCCCCC)COP(=O)(O)OCC[N+](C)(C)C. The van der Waals surface area contributed by atoms with Gasteiger partial charge in [-0.1, -0.05) is 306 Å². The van der Waals surface area contributed by atoms with Gasteiger partial charge in [-0.05, 0) is 51.4 Å². The Morgan fingerprint density at radius 2 is 0.731 bits per heavy atom. The average molecular weight is 1120 g/mol. The number of hydrogen-bond acceptors (Lipinski definition) is 7. The summed E-state index contributed by atoms with van der Waals surface area (Å²) in [6, 6.07) is 0. The van der Waals surface area contributed by atoms with Gasteiger partial charge in [0, 0.05) is 12.8 Å². The first-order valence-corrected chi connectivity index (χ1v) is 34.9. The van der Waals surface area contributed by atoms with Crippen LogP contribution in [0.2, 0.25) is 0 Å². The molecule has 0 aromatic rings. The second kappa shape index (κ2) is 59.6. The molecule has 0 saturated carbocycles. The van der Waals surface area contributed by atoms with Gasteiger partial charge in [0.1, 0.15) is 19.8 Å². The number of carbonyl (C=O) groups excluding carboxylic acids is 2. The third kappa shape index (κ3) is 63.2. The highest BCUT2D eigenvalue weighted by molar-refractivity contribution is 7.47. The van der Waals surface area contributed by atoms with Crippen molar-refractivity contribution in [3.05, 3.63) is 48.6 Å². The molecule has 0 fully saturated rings. The number of phosphoric ester groups is 1. The minimum Gasteiger partial charge on any atom is -0.462 e. The van der Waals surface area contributed by atoms with Crippen LogP contribution in [0.3, 0.4) is 0 Å². The first-order chi connectivity index (χ1) is 38.0. The summed E-state index contributed by atoms with van der Waals surface area (Å²) in [5.74, 6) is -0.779. The van der Waals surface area contributed by atoms with Crippen LogP contribution in [0.5, 0.6) is 0 Å². The number of esters is 2. The van der Waals surface area contributed by atoms with Crippen molar-refractivity contribution in [2.45, 2.75) is 328 Å². The van der Waals surface area contributed by atoms with E-state index in [0.717, 1.165) is 57.8 Å². The van der Waals surface area contributed by atoms with Crippen LogP contribution in [0, 0.1) is 0 Å². The molecule has 1 N–H and O–H groups in total. The van der Waals surface area contributed by atoms with Crippen molar-refractivity contribution in [2.75, 3.05) is 47.5 Å². The summed E-state index contributed by atoms with van der Waals surface area (Å²) in [4.78, 5) is 35.7. The molecule has 0 saturated heterocycles. The van der Waals surface area contributed by atoms with E-state index in [9.17, 15) is 19.0 Å². The Morgan fingerprint density at radius 3 is 1.09 bits per heavy atom. The van der Waals surface area contributed by atoms with E-state index in [1.54, 1.807) is 0 Å². The van der Waals surface area contributed by atoms with Crippen LogP contribution in [-0.4, -0.2) is 74.9 Å². The molecule has 9 nitrogen and oxygen atoms in total. The number of likely N-dealkylation sites (N-methyl/N-ethyl adjacent to an activating group) is 1. The van der Waals surface area contributed by atoms with Crippen LogP contribution < -0.4 is 0 Å². The number of hydrogen-bond donors (Lipinski definition) is 1. The van der Waals surface area contributed by atoms with E-state index < -0.39 is 26.5 Å². The van der Waals surface area contributed by atoms with Gasteiger partial charge in [0.15, 0.2) is 6.10 Å². The molecule has 2 atom stereocenters. The van der Waals surface area contributed by atoms with Crippen LogP contribution in [0.15, 0.2) is 48.6 Å². The fourth-order valence-corrected chi connectivity index (χ4v) is 10.5. The van der Waals surface area contributed by atoms with Crippen molar-refractivity contribution >= 4 is 19.8 Å². The second-order valence-corrected chi connectivity index (χ2v) is 25.3. The first kappa shape index (κ1) is 76.0. The number of rotatable bonds is 62. The van der Waals surface area contributed by atoms with Gasteiger partial charge in [-0.3, -0.25) is 18.6 Å². The molecule has 0 aliphatic carbocycles. The lowest BCUT2D eigenvalue weighted by atomic mass is 10.0. The fourth-order valence-electron chi connectivity index (χ4n) is 9.78. The van der Waals surface area contributed by atoms with Crippen molar-refractivity contribution < 1.29 is 42.1 Å². The molecule has 0 radical (unpaired) electrons. The van der Waals surface area contributed by atoms with Gasteiger partial charge in [-0.2, -0.15) is 0 Å². The summed E-state index contributed by atoms with van der Waals surface area (Å²) in [6.07, 6.45) is 76.6. The Labute approximate surface area is 484 Å². The highest BCUT2D eigenvalue weighted by Gasteiger charge is 2.27. The highest BCUT2D eigenvalue weighted by atomic mass is 31.2. The molecule has 0 rings (SSSR count). The molecular weight excluding hydrogens is 990 g/mol. The molecular formula is C68H129NO8P+. The van der Waals surface area contributed by atoms with Gasteiger partial charge >= 0.3 is 19.8 Å². The number of phosphoric acid groups is 1. The van der Waals surface area contributed by atoms with E-state index in [0.29, 0.717) is 23.9 Å². The molecule has 0 aliphatic rings. The average Bonchev–Trinajstić information content (AvgIpc) is 3.40. The number of carbonyl (C=O) groups is 2. The van der Waals surface area contributed by atoms with E-state index in [-0.39, 0.29) is 25.6 Å². The maximum Gasteiger partial charge on any atom is 0.472 e. The Morgan fingerprint density at radius 1 is 0.410 bits per heavy atom. The molecule has 0 amide bonds. The minimum absolute atomic E-state index is 0.0352. The first-order valence-electron chi connectivity index (χ1n) is 33.4. The van der Waals surface area contributed by atoms with Gasteiger partial charge < -0.3 is 18.9 Å². The number of quaternary nitrogens is 1. The summed E-state index contributed by atoms with van der Waals surface area (Å²) >= 11 is 0. The minimum atomic E-state index is -4.38. The molecule has 0 spiro atoms. The molecule has 2 unspecified atom stereocenters. The molecule has 0 aliphatic heterocycles. The summed E-state index contributed by atoms with van der Waals surface area (Å²) in [7, 11) is 1.50. The van der Waals surface area contributed by atoms with Gasteiger partial charge in [-0.25, -0.2) is 4.57 Å². The molecule has 0 aromatic carbocycles. The van der Waals surface area contributed by atoms with Crippen LogP contribution in [0.25, 0.3) is 0 Å². The zero-order valence-corrected chi connectivity index (χ0v) is 53.1. The Kier molecular flexibility index (Phi) is 58.0. The summed E-state index contributed by atoms with van der Waals surface area (Å²) in [6.45, 7) is 4.36. The molecule has 10 heteroatoms. The summed E-state index contributed by atoms with van der Waals surface area (Å²) in [5.41, 5.74) is 0. The second-order valence-electron chi connectivity index (χ2n) is 23.8. The fraction of sp³-hybridized carbons (Fsp3) is 0.853. The Hall–Kier alpha value is -2.03. The molecule has 0 heterocycles.